The molecule has 2 N–H and O–H groups in total. The molecule has 3 nitrogen and oxygen atoms in total. The van der Waals surface area contributed by atoms with Gasteiger partial charge in [-0.15, -0.1) is 0 Å². The lowest BCUT2D eigenvalue weighted by atomic mass is 9.98. The van der Waals surface area contributed by atoms with Crippen LogP contribution in [0.4, 0.5) is 0 Å². The van der Waals surface area contributed by atoms with Gasteiger partial charge in [-0.1, -0.05) is 37.3 Å². The molecule has 102 valence electrons. The Kier molecular flexibility index (Phi) is 7.65. The molecule has 1 rings (SSSR count). The van der Waals surface area contributed by atoms with E-state index in [9.17, 15) is 5.11 Å². The molecule has 0 amide bonds. The van der Waals surface area contributed by atoms with E-state index in [4.69, 9.17) is 4.74 Å². The molecular formula is C15H25NO2. The summed E-state index contributed by atoms with van der Waals surface area (Å²) in [5.74, 6) is 0.542. The molecule has 2 unspecified atom stereocenters. The predicted octanol–water partition coefficient (Wildman–Crippen LogP) is 2.17. The summed E-state index contributed by atoms with van der Waals surface area (Å²) in [6, 6.07) is 10.7. The number of hydrogen-bond acceptors (Lipinski definition) is 3. The maximum atomic E-state index is 9.22. The van der Waals surface area contributed by atoms with E-state index in [1.54, 1.807) is 7.11 Å². The van der Waals surface area contributed by atoms with Crippen molar-refractivity contribution < 1.29 is 9.84 Å². The molecule has 0 radical (unpaired) electrons. The van der Waals surface area contributed by atoms with E-state index in [2.05, 4.69) is 36.5 Å². The number of rotatable bonds is 9. The van der Waals surface area contributed by atoms with Crippen molar-refractivity contribution in [1.82, 2.24) is 5.32 Å². The Morgan fingerprint density at radius 2 is 1.94 bits per heavy atom. The third kappa shape index (κ3) is 5.63. The molecular weight excluding hydrogens is 226 g/mol. The molecule has 2 atom stereocenters. The lowest BCUT2D eigenvalue weighted by Crippen LogP contribution is -2.34. The molecule has 1 aromatic rings. The molecule has 3 heteroatoms. The second-order valence-electron chi connectivity index (χ2n) is 4.72. The van der Waals surface area contributed by atoms with Crippen molar-refractivity contribution >= 4 is 0 Å². The van der Waals surface area contributed by atoms with E-state index in [0.717, 1.165) is 19.4 Å². The van der Waals surface area contributed by atoms with Crippen molar-refractivity contribution in [1.29, 1.82) is 0 Å². The van der Waals surface area contributed by atoms with Crippen molar-refractivity contribution in [2.75, 3.05) is 26.9 Å². The van der Waals surface area contributed by atoms with Gasteiger partial charge in [-0.25, -0.2) is 0 Å². The summed E-state index contributed by atoms with van der Waals surface area (Å²) in [4.78, 5) is 0. The van der Waals surface area contributed by atoms with Gasteiger partial charge in [0.1, 0.15) is 0 Å². The first-order valence-electron chi connectivity index (χ1n) is 6.66. The summed E-state index contributed by atoms with van der Waals surface area (Å²) in [5, 5.41) is 12.6. The van der Waals surface area contributed by atoms with Crippen molar-refractivity contribution in [3.63, 3.8) is 0 Å². The minimum atomic E-state index is 0.146. The van der Waals surface area contributed by atoms with Crippen LogP contribution in [0.2, 0.25) is 0 Å². The SMILES string of the molecule is COCCC(CO)NCCC(C)c1ccccc1. The summed E-state index contributed by atoms with van der Waals surface area (Å²) < 4.78 is 5.02. The van der Waals surface area contributed by atoms with Gasteiger partial charge in [0.25, 0.3) is 0 Å². The molecule has 0 aromatic heterocycles. The Morgan fingerprint density at radius 1 is 1.22 bits per heavy atom. The fraction of sp³-hybridized carbons (Fsp3) is 0.600. The van der Waals surface area contributed by atoms with Crippen LogP contribution in [0.5, 0.6) is 0 Å². The van der Waals surface area contributed by atoms with Gasteiger partial charge in [-0.05, 0) is 30.9 Å². The zero-order chi connectivity index (χ0) is 13.2. The number of aliphatic hydroxyl groups is 1. The molecule has 1 aromatic carbocycles. The molecule has 0 fully saturated rings. The highest BCUT2D eigenvalue weighted by atomic mass is 16.5. The van der Waals surface area contributed by atoms with Crippen LogP contribution in [0.3, 0.4) is 0 Å². The van der Waals surface area contributed by atoms with Crippen molar-refractivity contribution in [2.24, 2.45) is 0 Å². The Hall–Kier alpha value is -0.900. The molecule has 18 heavy (non-hydrogen) atoms. The highest BCUT2D eigenvalue weighted by Gasteiger charge is 2.08. The lowest BCUT2D eigenvalue weighted by Gasteiger charge is -2.18. The molecule has 0 aliphatic carbocycles. The fourth-order valence-corrected chi connectivity index (χ4v) is 1.97. The Morgan fingerprint density at radius 3 is 2.56 bits per heavy atom. The number of nitrogens with one attached hydrogen (secondary N) is 1. The van der Waals surface area contributed by atoms with Crippen LogP contribution < -0.4 is 5.32 Å². The van der Waals surface area contributed by atoms with E-state index in [0.29, 0.717) is 12.5 Å². The summed E-state index contributed by atoms with van der Waals surface area (Å²) in [5.41, 5.74) is 1.37. The summed E-state index contributed by atoms with van der Waals surface area (Å²) in [6.07, 6.45) is 1.93. The number of ether oxygens (including phenoxy) is 1. The van der Waals surface area contributed by atoms with Crippen molar-refractivity contribution in [3.05, 3.63) is 35.9 Å². The van der Waals surface area contributed by atoms with E-state index in [-0.39, 0.29) is 12.6 Å². The quantitative estimate of drug-likeness (QED) is 0.707. The van der Waals surface area contributed by atoms with E-state index in [1.807, 2.05) is 6.07 Å². The predicted molar refractivity (Wildman–Crippen MR) is 74.8 cm³/mol. The highest BCUT2D eigenvalue weighted by Crippen LogP contribution is 2.17. The topological polar surface area (TPSA) is 41.5 Å². The minimum Gasteiger partial charge on any atom is -0.395 e. The van der Waals surface area contributed by atoms with Crippen LogP contribution in [0.15, 0.2) is 30.3 Å². The molecule has 0 saturated carbocycles. The second kappa shape index (κ2) is 9.09. The third-order valence-electron chi connectivity index (χ3n) is 3.27. The normalized spacial score (nSPS) is 14.4. The van der Waals surface area contributed by atoms with Crippen molar-refractivity contribution in [3.8, 4) is 0 Å². The van der Waals surface area contributed by atoms with Gasteiger partial charge in [-0.3, -0.25) is 0 Å². The van der Waals surface area contributed by atoms with Gasteiger partial charge in [-0.2, -0.15) is 0 Å². The largest absolute Gasteiger partial charge is 0.395 e. The zero-order valence-corrected chi connectivity index (χ0v) is 11.4. The molecule has 0 aliphatic rings. The molecule has 0 spiro atoms. The van der Waals surface area contributed by atoms with Gasteiger partial charge in [0, 0.05) is 19.8 Å². The molecule has 0 saturated heterocycles. The van der Waals surface area contributed by atoms with Gasteiger partial charge < -0.3 is 15.2 Å². The van der Waals surface area contributed by atoms with Crippen LogP contribution >= 0.6 is 0 Å². The third-order valence-corrected chi connectivity index (χ3v) is 3.27. The Balaban J connectivity index is 2.24. The maximum Gasteiger partial charge on any atom is 0.0585 e. The minimum absolute atomic E-state index is 0.146. The molecule has 0 heterocycles. The van der Waals surface area contributed by atoms with Crippen LogP contribution in [-0.4, -0.2) is 38.0 Å². The standard InChI is InChI=1S/C15H25NO2/c1-13(14-6-4-3-5-7-14)8-10-16-15(12-17)9-11-18-2/h3-7,13,15-17H,8-12H2,1-2H3. The zero-order valence-electron chi connectivity index (χ0n) is 11.4. The summed E-state index contributed by atoms with van der Waals surface area (Å²) in [7, 11) is 1.69. The number of hydrogen-bond donors (Lipinski definition) is 2. The first-order chi connectivity index (χ1) is 8.77. The van der Waals surface area contributed by atoms with Gasteiger partial charge in [0.15, 0.2) is 0 Å². The molecule has 0 aliphatic heterocycles. The van der Waals surface area contributed by atoms with Gasteiger partial charge in [0.2, 0.25) is 0 Å². The van der Waals surface area contributed by atoms with Gasteiger partial charge >= 0.3 is 0 Å². The van der Waals surface area contributed by atoms with E-state index in [1.165, 1.54) is 5.56 Å². The number of benzene rings is 1. The van der Waals surface area contributed by atoms with Crippen LogP contribution in [0.1, 0.15) is 31.2 Å². The Bertz CT molecular complexity index is 303. The van der Waals surface area contributed by atoms with Crippen LogP contribution in [0, 0.1) is 0 Å². The van der Waals surface area contributed by atoms with Crippen LogP contribution in [0.25, 0.3) is 0 Å². The average molecular weight is 251 g/mol. The average Bonchev–Trinajstić information content (AvgIpc) is 2.43. The van der Waals surface area contributed by atoms with Gasteiger partial charge in [0.05, 0.1) is 6.61 Å². The molecule has 0 bridgehead atoms. The summed E-state index contributed by atoms with van der Waals surface area (Å²) >= 11 is 0. The monoisotopic (exact) mass is 251 g/mol. The first kappa shape index (κ1) is 15.2. The lowest BCUT2D eigenvalue weighted by molar-refractivity contribution is 0.159. The number of methoxy groups -OCH3 is 1. The fourth-order valence-electron chi connectivity index (χ4n) is 1.97. The Labute approximate surface area is 110 Å². The first-order valence-corrected chi connectivity index (χ1v) is 6.66. The van der Waals surface area contributed by atoms with E-state index < -0.39 is 0 Å². The second-order valence-corrected chi connectivity index (χ2v) is 4.72. The number of aliphatic hydroxyl groups excluding tert-OH is 1. The highest BCUT2D eigenvalue weighted by molar-refractivity contribution is 5.18. The summed E-state index contributed by atoms with van der Waals surface area (Å²) in [6.45, 7) is 4.01. The van der Waals surface area contributed by atoms with Crippen LogP contribution in [-0.2, 0) is 4.74 Å². The smallest absolute Gasteiger partial charge is 0.0585 e. The van der Waals surface area contributed by atoms with Crippen molar-refractivity contribution in [2.45, 2.75) is 31.7 Å². The van der Waals surface area contributed by atoms with E-state index >= 15 is 0 Å². The maximum absolute atomic E-state index is 9.22.